The third-order valence-corrected chi connectivity index (χ3v) is 3.29. The number of nitrogens with one attached hydrogen (secondary N) is 1. The van der Waals surface area contributed by atoms with Crippen LogP contribution in [0, 0.1) is 13.8 Å². The van der Waals surface area contributed by atoms with Crippen LogP contribution in [-0.2, 0) is 6.54 Å². The van der Waals surface area contributed by atoms with Gasteiger partial charge in [0.1, 0.15) is 0 Å². The van der Waals surface area contributed by atoms with Crippen LogP contribution in [0.25, 0.3) is 11.4 Å². The van der Waals surface area contributed by atoms with Crippen molar-refractivity contribution in [3.8, 4) is 11.4 Å². The van der Waals surface area contributed by atoms with Crippen LogP contribution in [-0.4, -0.2) is 21.0 Å². The Hall–Kier alpha value is -3.02. The Kier molecular flexibility index (Phi) is 4.14. The lowest BCUT2D eigenvalue weighted by molar-refractivity contribution is 0.0946. The van der Waals surface area contributed by atoms with Gasteiger partial charge < -0.3 is 9.84 Å². The van der Waals surface area contributed by atoms with E-state index in [0.717, 1.165) is 16.7 Å². The molecule has 23 heavy (non-hydrogen) atoms. The Morgan fingerprint density at radius 2 is 1.83 bits per heavy atom. The number of aromatic nitrogens is 3. The number of hydrogen-bond acceptors (Lipinski definition) is 5. The summed E-state index contributed by atoms with van der Waals surface area (Å²) in [5.41, 5.74) is 3.54. The number of rotatable bonds is 4. The first kappa shape index (κ1) is 14.9. The van der Waals surface area contributed by atoms with Crippen LogP contribution in [0.5, 0.6) is 0 Å². The van der Waals surface area contributed by atoms with E-state index in [1.807, 2.05) is 32.0 Å². The third-order valence-electron chi connectivity index (χ3n) is 3.29. The quantitative estimate of drug-likeness (QED) is 0.801. The molecule has 0 radical (unpaired) electrons. The Morgan fingerprint density at radius 3 is 2.52 bits per heavy atom. The predicted octanol–water partition coefficient (Wildman–Crippen LogP) is 2.68. The largest absolute Gasteiger partial charge is 0.343 e. The summed E-state index contributed by atoms with van der Waals surface area (Å²) in [5, 5.41) is 6.69. The molecule has 6 heteroatoms. The van der Waals surface area contributed by atoms with Crippen molar-refractivity contribution >= 4 is 5.91 Å². The predicted molar refractivity (Wildman–Crippen MR) is 84.6 cm³/mol. The van der Waals surface area contributed by atoms with Crippen molar-refractivity contribution in [2.45, 2.75) is 20.4 Å². The summed E-state index contributed by atoms with van der Waals surface area (Å²) in [6.45, 7) is 4.11. The molecule has 3 rings (SSSR count). The summed E-state index contributed by atoms with van der Waals surface area (Å²) >= 11 is 0. The molecular formula is C17H16N4O2. The van der Waals surface area contributed by atoms with Gasteiger partial charge in [-0.25, -0.2) is 0 Å². The number of hydrogen-bond donors (Lipinski definition) is 1. The molecule has 0 fully saturated rings. The van der Waals surface area contributed by atoms with Gasteiger partial charge in [-0.1, -0.05) is 22.3 Å². The van der Waals surface area contributed by atoms with Gasteiger partial charge in [0, 0.05) is 23.5 Å². The summed E-state index contributed by atoms with van der Waals surface area (Å²) in [6.07, 6.45) is 3.32. The molecule has 0 bridgehead atoms. The second-order valence-corrected chi connectivity index (χ2v) is 5.31. The molecule has 0 spiro atoms. The first-order valence-electron chi connectivity index (χ1n) is 7.21. The zero-order valence-electron chi connectivity index (χ0n) is 12.9. The molecule has 3 aromatic rings. The van der Waals surface area contributed by atoms with E-state index in [1.54, 1.807) is 24.5 Å². The van der Waals surface area contributed by atoms with Crippen LogP contribution < -0.4 is 5.32 Å². The minimum absolute atomic E-state index is 0.166. The Labute approximate surface area is 133 Å². The summed E-state index contributed by atoms with van der Waals surface area (Å²) < 4.78 is 5.16. The highest BCUT2D eigenvalue weighted by molar-refractivity contribution is 5.94. The van der Waals surface area contributed by atoms with E-state index in [1.165, 1.54) is 0 Å². The Balaban J connectivity index is 1.67. The molecular weight excluding hydrogens is 292 g/mol. The maximum atomic E-state index is 12.2. The molecule has 0 saturated carbocycles. The van der Waals surface area contributed by atoms with Gasteiger partial charge in [0.05, 0.1) is 6.54 Å². The van der Waals surface area contributed by atoms with E-state index in [4.69, 9.17) is 4.52 Å². The van der Waals surface area contributed by atoms with E-state index in [0.29, 0.717) is 17.3 Å². The zero-order chi connectivity index (χ0) is 16.2. The molecule has 116 valence electrons. The van der Waals surface area contributed by atoms with Crippen LogP contribution in [0.15, 0.2) is 47.2 Å². The average Bonchev–Trinajstić information content (AvgIpc) is 3.01. The van der Waals surface area contributed by atoms with Gasteiger partial charge in [-0.15, -0.1) is 0 Å². The number of nitrogens with zero attached hydrogens (tertiary/aromatic N) is 3. The van der Waals surface area contributed by atoms with Crippen molar-refractivity contribution in [3.63, 3.8) is 0 Å². The highest BCUT2D eigenvalue weighted by Crippen LogP contribution is 2.14. The lowest BCUT2D eigenvalue weighted by Gasteiger charge is -2.05. The van der Waals surface area contributed by atoms with E-state index in [2.05, 4.69) is 20.4 Å². The SMILES string of the molecule is Cc1cc(C)cc(C(=O)NCc2nc(-c3ccncc3)no2)c1. The van der Waals surface area contributed by atoms with Gasteiger partial charge in [0.2, 0.25) is 11.7 Å². The maximum absolute atomic E-state index is 12.2. The van der Waals surface area contributed by atoms with E-state index >= 15 is 0 Å². The first-order valence-corrected chi connectivity index (χ1v) is 7.21. The van der Waals surface area contributed by atoms with Gasteiger partial charge >= 0.3 is 0 Å². The molecule has 0 aliphatic heterocycles. The van der Waals surface area contributed by atoms with Gasteiger partial charge in [0.25, 0.3) is 5.91 Å². The third kappa shape index (κ3) is 3.60. The molecule has 6 nitrogen and oxygen atoms in total. The number of aryl methyl sites for hydroxylation is 2. The van der Waals surface area contributed by atoms with Crippen molar-refractivity contribution < 1.29 is 9.32 Å². The van der Waals surface area contributed by atoms with Gasteiger partial charge in [-0.2, -0.15) is 4.98 Å². The number of amides is 1. The number of carbonyl (C=O) groups is 1. The van der Waals surface area contributed by atoms with Gasteiger partial charge in [0.15, 0.2) is 0 Å². The van der Waals surface area contributed by atoms with Crippen LogP contribution in [0.3, 0.4) is 0 Å². The molecule has 2 aromatic heterocycles. The smallest absolute Gasteiger partial charge is 0.251 e. The molecule has 1 amide bonds. The van der Waals surface area contributed by atoms with E-state index in [9.17, 15) is 4.79 Å². The van der Waals surface area contributed by atoms with Crippen LogP contribution in [0.2, 0.25) is 0 Å². The highest BCUT2D eigenvalue weighted by Gasteiger charge is 2.11. The second-order valence-electron chi connectivity index (χ2n) is 5.31. The van der Waals surface area contributed by atoms with E-state index in [-0.39, 0.29) is 12.5 Å². The monoisotopic (exact) mass is 308 g/mol. The first-order chi connectivity index (χ1) is 11.1. The summed E-state index contributed by atoms with van der Waals surface area (Å²) in [5.74, 6) is 0.665. The Morgan fingerprint density at radius 1 is 1.13 bits per heavy atom. The molecule has 2 heterocycles. The van der Waals surface area contributed by atoms with Crippen LogP contribution in [0.1, 0.15) is 27.4 Å². The lowest BCUT2D eigenvalue weighted by atomic mass is 10.1. The van der Waals surface area contributed by atoms with Gasteiger partial charge in [-0.3, -0.25) is 9.78 Å². The molecule has 0 unspecified atom stereocenters. The molecule has 0 aliphatic rings. The average molecular weight is 308 g/mol. The summed E-state index contributed by atoms with van der Waals surface area (Å²) in [6, 6.07) is 9.30. The number of pyridine rings is 1. The topological polar surface area (TPSA) is 80.9 Å². The van der Waals surface area contributed by atoms with Crippen molar-refractivity contribution in [1.29, 1.82) is 0 Å². The van der Waals surface area contributed by atoms with Crippen molar-refractivity contribution in [3.05, 3.63) is 65.3 Å². The van der Waals surface area contributed by atoms with Crippen LogP contribution >= 0.6 is 0 Å². The lowest BCUT2D eigenvalue weighted by Crippen LogP contribution is -2.23. The zero-order valence-corrected chi connectivity index (χ0v) is 12.9. The fourth-order valence-electron chi connectivity index (χ4n) is 2.31. The van der Waals surface area contributed by atoms with Gasteiger partial charge in [-0.05, 0) is 38.1 Å². The van der Waals surface area contributed by atoms with Crippen molar-refractivity contribution in [2.75, 3.05) is 0 Å². The van der Waals surface area contributed by atoms with Crippen molar-refractivity contribution in [2.24, 2.45) is 0 Å². The minimum atomic E-state index is -0.166. The minimum Gasteiger partial charge on any atom is -0.343 e. The standard InChI is InChI=1S/C17H16N4O2/c1-11-7-12(2)9-14(8-11)17(22)19-10-15-20-16(21-23-15)13-3-5-18-6-4-13/h3-9H,10H2,1-2H3,(H,19,22). The van der Waals surface area contributed by atoms with E-state index < -0.39 is 0 Å². The highest BCUT2D eigenvalue weighted by atomic mass is 16.5. The molecule has 1 aromatic carbocycles. The van der Waals surface area contributed by atoms with Crippen LogP contribution in [0.4, 0.5) is 0 Å². The summed E-state index contributed by atoms with van der Waals surface area (Å²) in [7, 11) is 0. The molecule has 0 atom stereocenters. The fraction of sp³-hybridized carbons (Fsp3) is 0.176. The Bertz CT molecular complexity index is 807. The number of carbonyl (C=O) groups excluding carboxylic acids is 1. The normalized spacial score (nSPS) is 10.5. The second kappa shape index (κ2) is 6.39. The fourth-order valence-corrected chi connectivity index (χ4v) is 2.31. The van der Waals surface area contributed by atoms with Crippen molar-refractivity contribution in [1.82, 2.24) is 20.4 Å². The molecule has 0 aliphatic carbocycles. The molecule has 0 saturated heterocycles. The summed E-state index contributed by atoms with van der Waals surface area (Å²) in [4.78, 5) is 20.4. The number of benzene rings is 1. The maximum Gasteiger partial charge on any atom is 0.251 e. The molecule has 1 N–H and O–H groups in total.